The third-order valence-corrected chi connectivity index (χ3v) is 5.85. The van der Waals surface area contributed by atoms with Crippen molar-refractivity contribution in [3.63, 3.8) is 0 Å². The Labute approximate surface area is 147 Å². The number of hydrogen-bond donors (Lipinski definition) is 0. The van der Waals surface area contributed by atoms with Crippen LogP contribution in [0.5, 0.6) is 0 Å². The molecule has 1 aromatic carbocycles. The minimum absolute atomic E-state index is 0.152. The second kappa shape index (κ2) is 5.73. The van der Waals surface area contributed by atoms with E-state index in [-0.39, 0.29) is 5.91 Å². The smallest absolute Gasteiger partial charge is 0.254 e. The minimum Gasteiger partial charge on any atom is -0.335 e. The van der Waals surface area contributed by atoms with E-state index in [4.69, 9.17) is 0 Å². The standard InChI is InChI=1S/C21H21N3O/c25-21(16-9-12-23-13-10-22-20(23)14-16)24-11-3-6-18-17-5-2-1-4-15(17)7-8-19(18)24/h1-2,4-5,9-10,12-14,18-19H,3,6-8,11H2/t18-,19+/m0/s1. The molecule has 0 radical (unpaired) electrons. The number of carbonyl (C=O) groups excluding carboxylic acids is 1. The van der Waals surface area contributed by atoms with E-state index in [2.05, 4.69) is 34.1 Å². The monoisotopic (exact) mass is 331 g/mol. The molecule has 1 amide bonds. The molecular formula is C21H21N3O. The molecule has 0 bridgehead atoms. The molecule has 1 fully saturated rings. The van der Waals surface area contributed by atoms with Crippen LogP contribution in [0.1, 0.15) is 46.7 Å². The first-order chi connectivity index (χ1) is 12.3. The van der Waals surface area contributed by atoms with E-state index in [1.165, 1.54) is 17.5 Å². The summed E-state index contributed by atoms with van der Waals surface area (Å²) in [6, 6.07) is 12.9. The van der Waals surface area contributed by atoms with Gasteiger partial charge in [0.25, 0.3) is 5.91 Å². The van der Waals surface area contributed by atoms with Crippen LogP contribution in [-0.4, -0.2) is 32.8 Å². The number of likely N-dealkylation sites (tertiary alicyclic amines) is 1. The van der Waals surface area contributed by atoms with Crippen LogP contribution in [-0.2, 0) is 6.42 Å². The molecular weight excluding hydrogens is 310 g/mol. The van der Waals surface area contributed by atoms with Gasteiger partial charge in [0.2, 0.25) is 0 Å². The largest absolute Gasteiger partial charge is 0.335 e. The summed E-state index contributed by atoms with van der Waals surface area (Å²) in [4.78, 5) is 19.7. The number of imidazole rings is 1. The number of aryl methyl sites for hydroxylation is 1. The molecule has 2 aromatic heterocycles. The Morgan fingerprint density at radius 1 is 1.12 bits per heavy atom. The van der Waals surface area contributed by atoms with E-state index in [1.54, 1.807) is 6.20 Å². The molecule has 2 aliphatic rings. The normalized spacial score (nSPS) is 22.5. The van der Waals surface area contributed by atoms with Gasteiger partial charge in [-0.05, 0) is 48.9 Å². The summed E-state index contributed by atoms with van der Waals surface area (Å²) >= 11 is 0. The van der Waals surface area contributed by atoms with Crippen molar-refractivity contribution in [3.8, 4) is 0 Å². The zero-order valence-corrected chi connectivity index (χ0v) is 14.1. The van der Waals surface area contributed by atoms with Gasteiger partial charge in [0.15, 0.2) is 0 Å². The zero-order chi connectivity index (χ0) is 16.8. The SMILES string of the molecule is O=C(c1ccn2ccnc2c1)N1CCC[C@H]2c3ccccc3CC[C@H]21. The van der Waals surface area contributed by atoms with Crippen molar-refractivity contribution in [2.45, 2.75) is 37.6 Å². The van der Waals surface area contributed by atoms with Crippen LogP contribution in [0.4, 0.5) is 0 Å². The fraction of sp³-hybridized carbons (Fsp3) is 0.333. The number of benzene rings is 1. The molecule has 25 heavy (non-hydrogen) atoms. The topological polar surface area (TPSA) is 37.6 Å². The molecule has 0 N–H and O–H groups in total. The van der Waals surface area contributed by atoms with Gasteiger partial charge in [0, 0.05) is 42.7 Å². The van der Waals surface area contributed by atoms with Crippen LogP contribution in [0.25, 0.3) is 5.65 Å². The van der Waals surface area contributed by atoms with Gasteiger partial charge in [-0.2, -0.15) is 0 Å². The summed E-state index contributed by atoms with van der Waals surface area (Å²) in [5, 5.41) is 0. The molecule has 3 aromatic rings. The van der Waals surface area contributed by atoms with E-state index in [0.29, 0.717) is 12.0 Å². The van der Waals surface area contributed by atoms with Crippen molar-refractivity contribution in [3.05, 3.63) is 71.7 Å². The van der Waals surface area contributed by atoms with Gasteiger partial charge >= 0.3 is 0 Å². The van der Waals surface area contributed by atoms with Crippen LogP contribution in [0, 0.1) is 0 Å². The van der Waals surface area contributed by atoms with Gasteiger partial charge in [-0.25, -0.2) is 4.98 Å². The van der Waals surface area contributed by atoms with Crippen LogP contribution in [0.2, 0.25) is 0 Å². The van der Waals surface area contributed by atoms with Crippen LogP contribution in [0.3, 0.4) is 0 Å². The Morgan fingerprint density at radius 3 is 3.00 bits per heavy atom. The molecule has 0 unspecified atom stereocenters. The molecule has 4 heteroatoms. The predicted molar refractivity (Wildman–Crippen MR) is 96.8 cm³/mol. The molecule has 4 nitrogen and oxygen atoms in total. The highest BCUT2D eigenvalue weighted by Gasteiger charge is 2.38. The molecule has 1 saturated heterocycles. The lowest BCUT2D eigenvalue weighted by atomic mass is 9.74. The number of amides is 1. The van der Waals surface area contributed by atoms with Crippen LogP contribution >= 0.6 is 0 Å². The number of hydrogen-bond acceptors (Lipinski definition) is 2. The lowest BCUT2D eigenvalue weighted by Crippen LogP contribution is -2.49. The first kappa shape index (κ1) is 14.7. The van der Waals surface area contributed by atoms with Gasteiger partial charge in [-0.3, -0.25) is 4.79 Å². The fourth-order valence-corrected chi connectivity index (χ4v) is 4.66. The Morgan fingerprint density at radius 2 is 2.04 bits per heavy atom. The first-order valence-electron chi connectivity index (χ1n) is 9.13. The molecule has 1 aliphatic carbocycles. The minimum atomic E-state index is 0.152. The number of aromatic nitrogens is 2. The maximum absolute atomic E-state index is 13.2. The van der Waals surface area contributed by atoms with Gasteiger partial charge in [0.05, 0.1) is 0 Å². The lowest BCUT2D eigenvalue weighted by molar-refractivity contribution is 0.0547. The maximum Gasteiger partial charge on any atom is 0.254 e. The summed E-state index contributed by atoms with van der Waals surface area (Å²) in [7, 11) is 0. The summed E-state index contributed by atoms with van der Waals surface area (Å²) in [5.41, 5.74) is 4.50. The maximum atomic E-state index is 13.2. The van der Waals surface area contributed by atoms with Crippen molar-refractivity contribution < 1.29 is 4.79 Å². The fourth-order valence-electron chi connectivity index (χ4n) is 4.66. The van der Waals surface area contributed by atoms with E-state index in [9.17, 15) is 4.79 Å². The number of piperidine rings is 1. The van der Waals surface area contributed by atoms with E-state index >= 15 is 0 Å². The lowest BCUT2D eigenvalue weighted by Gasteiger charge is -2.45. The quantitative estimate of drug-likeness (QED) is 0.682. The van der Waals surface area contributed by atoms with Gasteiger partial charge in [-0.15, -0.1) is 0 Å². The highest BCUT2D eigenvalue weighted by molar-refractivity contribution is 5.95. The second-order valence-corrected chi connectivity index (χ2v) is 7.16. The average molecular weight is 331 g/mol. The van der Waals surface area contributed by atoms with Crippen molar-refractivity contribution in [2.24, 2.45) is 0 Å². The molecule has 1 aliphatic heterocycles. The van der Waals surface area contributed by atoms with E-state index < -0.39 is 0 Å². The molecule has 126 valence electrons. The van der Waals surface area contributed by atoms with Gasteiger partial charge in [0.1, 0.15) is 5.65 Å². The summed E-state index contributed by atoms with van der Waals surface area (Å²) in [6.45, 7) is 0.863. The van der Waals surface area contributed by atoms with Crippen molar-refractivity contribution in [1.29, 1.82) is 0 Å². The van der Waals surface area contributed by atoms with E-state index in [0.717, 1.165) is 37.0 Å². The number of nitrogens with zero attached hydrogens (tertiary/aromatic N) is 3. The summed E-state index contributed by atoms with van der Waals surface area (Å²) < 4.78 is 1.94. The Hall–Kier alpha value is -2.62. The Kier molecular flexibility index (Phi) is 3.37. The first-order valence-corrected chi connectivity index (χ1v) is 9.13. The van der Waals surface area contributed by atoms with Gasteiger partial charge < -0.3 is 9.30 Å². The Balaban J connectivity index is 1.48. The molecule has 5 rings (SSSR count). The summed E-state index contributed by atoms with van der Waals surface area (Å²) in [6.07, 6.45) is 9.99. The van der Waals surface area contributed by atoms with E-state index in [1.807, 2.05) is 28.9 Å². The average Bonchev–Trinajstić information content (AvgIpc) is 3.14. The number of fused-ring (bicyclic) bond motifs is 4. The second-order valence-electron chi connectivity index (χ2n) is 7.16. The molecule has 0 saturated carbocycles. The Bertz CT molecular complexity index is 945. The van der Waals surface area contributed by atoms with Gasteiger partial charge in [-0.1, -0.05) is 24.3 Å². The molecule has 3 heterocycles. The van der Waals surface area contributed by atoms with Crippen molar-refractivity contribution >= 4 is 11.6 Å². The predicted octanol–water partition coefficient (Wildman–Crippen LogP) is 3.67. The number of pyridine rings is 1. The number of carbonyl (C=O) groups is 1. The summed E-state index contributed by atoms with van der Waals surface area (Å²) in [5.74, 6) is 0.636. The highest BCUT2D eigenvalue weighted by Crippen LogP contribution is 2.41. The number of rotatable bonds is 1. The molecule has 0 spiro atoms. The van der Waals surface area contributed by atoms with Crippen molar-refractivity contribution in [2.75, 3.05) is 6.54 Å². The van der Waals surface area contributed by atoms with Crippen LogP contribution in [0.15, 0.2) is 55.0 Å². The third-order valence-electron chi connectivity index (χ3n) is 5.85. The molecule has 2 atom stereocenters. The highest BCUT2D eigenvalue weighted by atomic mass is 16.2. The van der Waals surface area contributed by atoms with Crippen LogP contribution < -0.4 is 0 Å². The zero-order valence-electron chi connectivity index (χ0n) is 14.1. The van der Waals surface area contributed by atoms with Crippen molar-refractivity contribution in [1.82, 2.24) is 14.3 Å². The third kappa shape index (κ3) is 2.36.